The number of ether oxygens (including phenoxy) is 1. The van der Waals surface area contributed by atoms with Crippen molar-refractivity contribution in [2.75, 3.05) is 19.8 Å². The molecule has 0 aliphatic carbocycles. The summed E-state index contributed by atoms with van der Waals surface area (Å²) in [5, 5.41) is 8.99. The molecule has 0 aromatic carbocycles. The third-order valence-electron chi connectivity index (χ3n) is 2.52. The molecular formula is C10H20N2O3. The van der Waals surface area contributed by atoms with E-state index in [1.54, 1.807) is 18.7 Å². The number of hydrogen-bond acceptors (Lipinski definition) is 4. The summed E-state index contributed by atoms with van der Waals surface area (Å²) in [6, 6.07) is 0.0168. The SMILES string of the molecule is CC1COC(CO)CN1C(=O)C(C)(C)N. The van der Waals surface area contributed by atoms with E-state index in [4.69, 9.17) is 15.6 Å². The van der Waals surface area contributed by atoms with E-state index in [9.17, 15) is 4.79 Å². The van der Waals surface area contributed by atoms with Gasteiger partial charge in [-0.2, -0.15) is 0 Å². The Morgan fingerprint density at radius 1 is 1.67 bits per heavy atom. The Morgan fingerprint density at radius 2 is 2.27 bits per heavy atom. The van der Waals surface area contributed by atoms with Crippen LogP contribution in [0.3, 0.4) is 0 Å². The maximum absolute atomic E-state index is 12.0. The van der Waals surface area contributed by atoms with E-state index in [2.05, 4.69) is 0 Å². The van der Waals surface area contributed by atoms with Crippen LogP contribution in [-0.2, 0) is 9.53 Å². The molecule has 5 nitrogen and oxygen atoms in total. The Kier molecular flexibility index (Phi) is 3.70. The van der Waals surface area contributed by atoms with E-state index in [0.29, 0.717) is 13.2 Å². The molecule has 1 aliphatic heterocycles. The lowest BCUT2D eigenvalue weighted by Crippen LogP contribution is -2.59. The summed E-state index contributed by atoms with van der Waals surface area (Å²) < 4.78 is 5.35. The molecule has 5 heteroatoms. The average molecular weight is 216 g/mol. The quantitative estimate of drug-likeness (QED) is 0.642. The van der Waals surface area contributed by atoms with Crippen molar-refractivity contribution in [3.63, 3.8) is 0 Å². The second-order valence-corrected chi connectivity index (χ2v) is 4.67. The van der Waals surface area contributed by atoms with E-state index >= 15 is 0 Å². The molecule has 88 valence electrons. The number of aliphatic hydroxyl groups excluding tert-OH is 1. The molecule has 0 aromatic rings. The van der Waals surface area contributed by atoms with Gasteiger partial charge in [-0.15, -0.1) is 0 Å². The van der Waals surface area contributed by atoms with Crippen molar-refractivity contribution in [2.24, 2.45) is 5.73 Å². The number of carbonyl (C=O) groups is 1. The molecule has 1 fully saturated rings. The molecule has 0 saturated carbocycles. The van der Waals surface area contributed by atoms with Crippen molar-refractivity contribution < 1.29 is 14.6 Å². The summed E-state index contributed by atoms with van der Waals surface area (Å²) in [5.74, 6) is -0.100. The van der Waals surface area contributed by atoms with E-state index in [0.717, 1.165) is 0 Å². The summed E-state index contributed by atoms with van der Waals surface area (Å²) in [7, 11) is 0. The lowest BCUT2D eigenvalue weighted by molar-refractivity contribution is -0.150. The highest BCUT2D eigenvalue weighted by Crippen LogP contribution is 2.15. The molecule has 0 aromatic heterocycles. The highest BCUT2D eigenvalue weighted by atomic mass is 16.5. The van der Waals surface area contributed by atoms with E-state index in [-0.39, 0.29) is 24.7 Å². The summed E-state index contributed by atoms with van der Waals surface area (Å²) in [4.78, 5) is 13.6. The smallest absolute Gasteiger partial charge is 0.242 e. The number of nitrogens with zero attached hydrogens (tertiary/aromatic N) is 1. The van der Waals surface area contributed by atoms with Crippen LogP contribution in [0.15, 0.2) is 0 Å². The molecule has 15 heavy (non-hydrogen) atoms. The van der Waals surface area contributed by atoms with Crippen molar-refractivity contribution in [1.82, 2.24) is 4.90 Å². The minimum Gasteiger partial charge on any atom is -0.394 e. The number of rotatable bonds is 2. The number of nitrogens with two attached hydrogens (primary N) is 1. The van der Waals surface area contributed by atoms with Crippen LogP contribution in [0.4, 0.5) is 0 Å². The van der Waals surface area contributed by atoms with Gasteiger partial charge in [-0.3, -0.25) is 4.79 Å². The highest BCUT2D eigenvalue weighted by Gasteiger charge is 2.35. The average Bonchev–Trinajstić information content (AvgIpc) is 2.16. The van der Waals surface area contributed by atoms with Crippen molar-refractivity contribution in [3.05, 3.63) is 0 Å². The number of amides is 1. The van der Waals surface area contributed by atoms with Gasteiger partial charge < -0.3 is 20.5 Å². The zero-order valence-electron chi connectivity index (χ0n) is 9.56. The summed E-state index contributed by atoms with van der Waals surface area (Å²) >= 11 is 0. The van der Waals surface area contributed by atoms with Gasteiger partial charge >= 0.3 is 0 Å². The molecular weight excluding hydrogens is 196 g/mol. The van der Waals surface area contributed by atoms with Crippen molar-refractivity contribution in [3.8, 4) is 0 Å². The predicted molar refractivity (Wildman–Crippen MR) is 56.3 cm³/mol. The van der Waals surface area contributed by atoms with E-state index in [1.165, 1.54) is 0 Å². The molecule has 1 aliphatic rings. The molecule has 2 unspecified atom stereocenters. The van der Waals surface area contributed by atoms with Crippen LogP contribution in [0.2, 0.25) is 0 Å². The van der Waals surface area contributed by atoms with Gasteiger partial charge in [-0.1, -0.05) is 0 Å². The predicted octanol–water partition coefficient (Wildman–Crippen LogP) is -0.668. The monoisotopic (exact) mass is 216 g/mol. The van der Waals surface area contributed by atoms with Gasteiger partial charge in [0.25, 0.3) is 0 Å². The van der Waals surface area contributed by atoms with Gasteiger partial charge in [0, 0.05) is 6.54 Å². The minimum absolute atomic E-state index is 0.0168. The zero-order chi connectivity index (χ0) is 11.6. The third-order valence-corrected chi connectivity index (χ3v) is 2.52. The maximum Gasteiger partial charge on any atom is 0.242 e. The van der Waals surface area contributed by atoms with Crippen molar-refractivity contribution >= 4 is 5.91 Å². The summed E-state index contributed by atoms with van der Waals surface area (Å²) in [6.07, 6.45) is -0.285. The first-order chi connectivity index (χ1) is 6.86. The van der Waals surface area contributed by atoms with Gasteiger partial charge in [-0.05, 0) is 20.8 Å². The van der Waals surface area contributed by atoms with Crippen LogP contribution in [-0.4, -0.2) is 53.4 Å². The molecule has 3 N–H and O–H groups in total. The second-order valence-electron chi connectivity index (χ2n) is 4.67. The van der Waals surface area contributed by atoms with Gasteiger partial charge in [0.2, 0.25) is 5.91 Å². The Hall–Kier alpha value is -0.650. The van der Waals surface area contributed by atoms with Gasteiger partial charge in [0.15, 0.2) is 0 Å². The first-order valence-corrected chi connectivity index (χ1v) is 5.18. The minimum atomic E-state index is -0.869. The summed E-state index contributed by atoms with van der Waals surface area (Å²) in [6.45, 7) is 6.08. The van der Waals surface area contributed by atoms with Gasteiger partial charge in [0.05, 0.1) is 30.9 Å². The lowest BCUT2D eigenvalue weighted by atomic mass is 10.0. The van der Waals surface area contributed by atoms with Crippen LogP contribution < -0.4 is 5.73 Å². The topological polar surface area (TPSA) is 75.8 Å². The molecule has 0 bridgehead atoms. The van der Waals surface area contributed by atoms with Gasteiger partial charge in [0.1, 0.15) is 0 Å². The fourth-order valence-electron chi connectivity index (χ4n) is 1.58. The van der Waals surface area contributed by atoms with Crippen LogP contribution in [0, 0.1) is 0 Å². The molecule has 1 saturated heterocycles. The van der Waals surface area contributed by atoms with Crippen molar-refractivity contribution in [2.45, 2.75) is 38.5 Å². The van der Waals surface area contributed by atoms with Crippen LogP contribution in [0.25, 0.3) is 0 Å². The number of hydrogen-bond donors (Lipinski definition) is 2. The van der Waals surface area contributed by atoms with Crippen LogP contribution in [0.5, 0.6) is 0 Å². The fourth-order valence-corrected chi connectivity index (χ4v) is 1.58. The Labute approximate surface area is 90.2 Å². The number of aliphatic hydroxyl groups is 1. The van der Waals surface area contributed by atoms with Crippen molar-refractivity contribution in [1.29, 1.82) is 0 Å². The Balaban J connectivity index is 2.70. The van der Waals surface area contributed by atoms with Crippen LogP contribution in [0.1, 0.15) is 20.8 Å². The number of morpholine rings is 1. The second kappa shape index (κ2) is 4.47. The van der Waals surface area contributed by atoms with Gasteiger partial charge in [-0.25, -0.2) is 0 Å². The largest absolute Gasteiger partial charge is 0.394 e. The molecule has 2 atom stereocenters. The lowest BCUT2D eigenvalue weighted by Gasteiger charge is -2.40. The Morgan fingerprint density at radius 3 is 2.73 bits per heavy atom. The normalized spacial score (nSPS) is 27.9. The maximum atomic E-state index is 12.0. The highest BCUT2D eigenvalue weighted by molar-refractivity contribution is 5.85. The molecule has 1 amide bonds. The molecule has 1 rings (SSSR count). The standard InChI is InChI=1S/C10H20N2O3/c1-7-6-15-8(5-13)4-12(7)9(14)10(2,3)11/h7-8,13H,4-6,11H2,1-3H3. The van der Waals surface area contributed by atoms with E-state index in [1.807, 2.05) is 6.92 Å². The molecule has 1 heterocycles. The van der Waals surface area contributed by atoms with E-state index < -0.39 is 5.54 Å². The van der Waals surface area contributed by atoms with Crippen LogP contribution >= 0.6 is 0 Å². The number of carbonyl (C=O) groups excluding carboxylic acids is 1. The fraction of sp³-hybridized carbons (Fsp3) is 0.900. The third kappa shape index (κ3) is 2.90. The Bertz CT molecular complexity index is 237. The summed E-state index contributed by atoms with van der Waals surface area (Å²) in [5.41, 5.74) is 4.89. The molecule has 0 radical (unpaired) electrons. The first-order valence-electron chi connectivity index (χ1n) is 5.18. The first kappa shape index (κ1) is 12.4. The zero-order valence-corrected chi connectivity index (χ0v) is 9.56. The molecule has 0 spiro atoms.